The zero-order chi connectivity index (χ0) is 17.5. The van der Waals surface area contributed by atoms with Crippen LogP contribution in [0.5, 0.6) is 5.88 Å². The first-order valence-electron chi connectivity index (χ1n) is 8.70. The molecule has 0 aromatic carbocycles. The molecule has 1 N–H and O–H groups in total. The summed E-state index contributed by atoms with van der Waals surface area (Å²) in [6, 6.07) is 7.50. The second-order valence-corrected chi connectivity index (χ2v) is 6.40. The van der Waals surface area contributed by atoms with Crippen LogP contribution in [0.1, 0.15) is 36.8 Å². The first kappa shape index (κ1) is 17.2. The van der Waals surface area contributed by atoms with Crippen LogP contribution in [-0.2, 0) is 13.1 Å². The predicted octanol–water partition coefficient (Wildman–Crippen LogP) is 3.14. The van der Waals surface area contributed by atoms with Crippen molar-refractivity contribution in [1.82, 2.24) is 20.2 Å². The van der Waals surface area contributed by atoms with Gasteiger partial charge < -0.3 is 15.0 Å². The van der Waals surface area contributed by atoms with Gasteiger partial charge in [-0.15, -0.1) is 0 Å². The van der Waals surface area contributed by atoms with Gasteiger partial charge in [-0.2, -0.15) is 0 Å². The number of urea groups is 1. The highest BCUT2D eigenvalue weighted by Crippen LogP contribution is 2.22. The fourth-order valence-corrected chi connectivity index (χ4v) is 2.91. The highest BCUT2D eigenvalue weighted by molar-refractivity contribution is 5.73. The van der Waals surface area contributed by atoms with Crippen LogP contribution in [0.15, 0.2) is 42.9 Å². The number of nitrogens with zero attached hydrogens (tertiary/aromatic N) is 3. The Balaban J connectivity index is 1.45. The van der Waals surface area contributed by atoms with Crippen LogP contribution in [0.2, 0.25) is 0 Å². The van der Waals surface area contributed by atoms with Crippen LogP contribution in [0, 0.1) is 0 Å². The minimum Gasteiger partial charge on any atom is -0.474 e. The molecule has 1 aliphatic rings. The Labute approximate surface area is 148 Å². The molecule has 2 aromatic heterocycles. The molecular formula is C19H24N4O2. The maximum absolute atomic E-state index is 12.2. The van der Waals surface area contributed by atoms with Crippen LogP contribution in [0.4, 0.5) is 4.79 Å². The normalized spacial score (nSPS) is 14.3. The molecule has 0 saturated heterocycles. The zero-order valence-electron chi connectivity index (χ0n) is 14.5. The summed E-state index contributed by atoms with van der Waals surface area (Å²) in [6.07, 6.45) is 10.2. The van der Waals surface area contributed by atoms with Gasteiger partial charge in [-0.3, -0.25) is 4.98 Å². The van der Waals surface area contributed by atoms with Gasteiger partial charge >= 0.3 is 6.03 Å². The summed E-state index contributed by atoms with van der Waals surface area (Å²) in [5.41, 5.74) is 1.99. The fourth-order valence-electron chi connectivity index (χ4n) is 2.91. The third-order valence-electron chi connectivity index (χ3n) is 4.35. The first-order valence-corrected chi connectivity index (χ1v) is 8.70. The van der Waals surface area contributed by atoms with Gasteiger partial charge in [-0.1, -0.05) is 6.07 Å². The van der Waals surface area contributed by atoms with E-state index in [2.05, 4.69) is 15.3 Å². The number of hydrogen-bond donors (Lipinski definition) is 1. The number of carbonyl (C=O) groups is 1. The van der Waals surface area contributed by atoms with E-state index in [1.807, 2.05) is 24.3 Å². The van der Waals surface area contributed by atoms with Crippen molar-refractivity contribution in [3.8, 4) is 5.88 Å². The number of carbonyl (C=O) groups excluding carboxylic acids is 1. The predicted molar refractivity (Wildman–Crippen MR) is 95.1 cm³/mol. The summed E-state index contributed by atoms with van der Waals surface area (Å²) < 4.78 is 5.85. The Kier molecular flexibility index (Phi) is 5.82. The van der Waals surface area contributed by atoms with Crippen LogP contribution in [0.25, 0.3) is 0 Å². The monoisotopic (exact) mass is 340 g/mol. The maximum Gasteiger partial charge on any atom is 0.317 e. The molecule has 0 unspecified atom stereocenters. The van der Waals surface area contributed by atoms with Crippen LogP contribution >= 0.6 is 0 Å². The van der Waals surface area contributed by atoms with E-state index in [1.54, 1.807) is 30.5 Å². The second-order valence-electron chi connectivity index (χ2n) is 6.40. The Morgan fingerprint density at radius 3 is 2.64 bits per heavy atom. The van der Waals surface area contributed by atoms with E-state index in [0.29, 0.717) is 25.1 Å². The number of hydrogen-bond acceptors (Lipinski definition) is 4. The van der Waals surface area contributed by atoms with Crippen molar-refractivity contribution in [1.29, 1.82) is 0 Å². The average molecular weight is 340 g/mol. The molecule has 6 nitrogen and oxygen atoms in total. The molecule has 0 spiro atoms. The molecule has 2 aromatic rings. The molecule has 1 saturated carbocycles. The number of amides is 2. The Morgan fingerprint density at radius 2 is 1.96 bits per heavy atom. The summed E-state index contributed by atoms with van der Waals surface area (Å²) in [4.78, 5) is 22.1. The lowest BCUT2D eigenvalue weighted by Crippen LogP contribution is -2.36. The Morgan fingerprint density at radius 1 is 1.20 bits per heavy atom. The van der Waals surface area contributed by atoms with Gasteiger partial charge in [-0.25, -0.2) is 9.78 Å². The van der Waals surface area contributed by atoms with E-state index in [0.717, 1.165) is 24.0 Å². The number of nitrogens with one attached hydrogen (secondary N) is 1. The molecule has 2 amide bonds. The van der Waals surface area contributed by atoms with E-state index in [9.17, 15) is 4.79 Å². The van der Waals surface area contributed by atoms with Crippen LogP contribution in [-0.4, -0.2) is 34.1 Å². The number of aromatic nitrogens is 2. The lowest BCUT2D eigenvalue weighted by molar-refractivity contribution is 0.201. The van der Waals surface area contributed by atoms with Crippen LogP contribution in [0.3, 0.4) is 0 Å². The van der Waals surface area contributed by atoms with Crippen molar-refractivity contribution in [2.75, 3.05) is 7.05 Å². The number of rotatable bonds is 6. The minimum atomic E-state index is -0.122. The van der Waals surface area contributed by atoms with Gasteiger partial charge in [0.1, 0.15) is 6.10 Å². The Bertz CT molecular complexity index is 670. The third kappa shape index (κ3) is 5.17. The second kappa shape index (κ2) is 8.46. The molecule has 2 heterocycles. The van der Waals surface area contributed by atoms with Crippen molar-refractivity contribution in [2.45, 2.75) is 44.9 Å². The minimum absolute atomic E-state index is 0.122. The lowest BCUT2D eigenvalue weighted by atomic mass is 10.2. The first-order chi connectivity index (χ1) is 12.2. The quantitative estimate of drug-likeness (QED) is 0.877. The molecule has 132 valence electrons. The summed E-state index contributed by atoms with van der Waals surface area (Å²) >= 11 is 0. The lowest BCUT2D eigenvalue weighted by Gasteiger charge is -2.18. The smallest absolute Gasteiger partial charge is 0.317 e. The van der Waals surface area contributed by atoms with Crippen molar-refractivity contribution in [2.24, 2.45) is 0 Å². The topological polar surface area (TPSA) is 67.4 Å². The van der Waals surface area contributed by atoms with Crippen molar-refractivity contribution in [3.63, 3.8) is 0 Å². The van der Waals surface area contributed by atoms with Gasteiger partial charge in [0.15, 0.2) is 0 Å². The molecular weight excluding hydrogens is 316 g/mol. The van der Waals surface area contributed by atoms with Gasteiger partial charge in [0.25, 0.3) is 0 Å². The van der Waals surface area contributed by atoms with E-state index in [1.165, 1.54) is 12.8 Å². The molecule has 6 heteroatoms. The largest absolute Gasteiger partial charge is 0.474 e. The van der Waals surface area contributed by atoms with Crippen molar-refractivity contribution >= 4 is 6.03 Å². The van der Waals surface area contributed by atoms with Gasteiger partial charge in [-0.05, 0) is 48.9 Å². The zero-order valence-corrected chi connectivity index (χ0v) is 14.5. The molecule has 0 bridgehead atoms. The Hall–Kier alpha value is -2.63. The number of pyridine rings is 2. The molecule has 0 atom stereocenters. The maximum atomic E-state index is 12.2. The highest BCUT2D eigenvalue weighted by Gasteiger charge is 2.16. The summed E-state index contributed by atoms with van der Waals surface area (Å²) in [7, 11) is 1.77. The van der Waals surface area contributed by atoms with E-state index < -0.39 is 0 Å². The van der Waals surface area contributed by atoms with Gasteiger partial charge in [0.2, 0.25) is 5.88 Å². The molecule has 25 heavy (non-hydrogen) atoms. The molecule has 0 radical (unpaired) electrons. The van der Waals surface area contributed by atoms with Crippen molar-refractivity contribution in [3.05, 3.63) is 54.0 Å². The van der Waals surface area contributed by atoms with Gasteiger partial charge in [0.05, 0.1) is 0 Å². The molecule has 0 aliphatic heterocycles. The average Bonchev–Trinajstić information content (AvgIpc) is 3.14. The molecule has 1 aliphatic carbocycles. The van der Waals surface area contributed by atoms with E-state index in [-0.39, 0.29) is 6.03 Å². The SMILES string of the molecule is CN(Cc1ccncc1)C(=O)NCc1ccc(OC2CCCC2)nc1. The standard InChI is InChI=1S/C19H24N4O2/c1-23(14-15-8-10-20-11-9-15)19(24)22-13-16-6-7-18(21-12-16)25-17-4-2-3-5-17/h6-12,17H,2-5,13-14H2,1H3,(H,22,24). The van der Waals surface area contributed by atoms with E-state index in [4.69, 9.17) is 4.74 Å². The molecule has 3 rings (SSSR count). The summed E-state index contributed by atoms with van der Waals surface area (Å²) in [5.74, 6) is 0.664. The summed E-state index contributed by atoms with van der Waals surface area (Å²) in [5, 5.41) is 2.90. The summed E-state index contributed by atoms with van der Waals surface area (Å²) in [6.45, 7) is 0.983. The molecule has 1 fully saturated rings. The van der Waals surface area contributed by atoms with Crippen LogP contribution < -0.4 is 10.1 Å². The van der Waals surface area contributed by atoms with Gasteiger partial charge in [0, 0.05) is 44.8 Å². The fraction of sp³-hybridized carbons (Fsp3) is 0.421. The van der Waals surface area contributed by atoms with Crippen molar-refractivity contribution < 1.29 is 9.53 Å². The van der Waals surface area contributed by atoms with E-state index >= 15 is 0 Å². The highest BCUT2D eigenvalue weighted by atomic mass is 16.5. The number of ether oxygens (including phenoxy) is 1. The third-order valence-corrected chi connectivity index (χ3v) is 4.35.